The molecule has 1 aromatic heterocycles. The molecule has 1 fully saturated rings. The number of benzene rings is 3. The van der Waals surface area contributed by atoms with Crippen molar-refractivity contribution in [3.8, 4) is 0 Å². The van der Waals surface area contributed by atoms with Crippen molar-refractivity contribution in [3.63, 3.8) is 0 Å². The van der Waals surface area contributed by atoms with E-state index in [-0.39, 0.29) is 17.3 Å². The minimum absolute atomic E-state index is 0.171. The third-order valence-corrected chi connectivity index (χ3v) is 7.16. The number of carbonyl (C=O) groups excluding carboxylic acids is 3. The molecule has 1 aliphatic heterocycles. The van der Waals surface area contributed by atoms with Crippen LogP contribution in [0.25, 0.3) is 17.0 Å². The first-order chi connectivity index (χ1) is 17.8. The standard InChI is InChI=1S/C27H18BrF2N3O3S/c28-18-5-10-23-21(12-18)17(14-32(23)13-16-3-1-2-4-22(16)30)11-24-26(35)33(27(36)37-24)15-25(34)31-20-8-6-19(29)7-9-20/h1-12,14H,13,15H2,(H,31,34)/b24-11-. The first-order valence-corrected chi connectivity index (χ1v) is 12.7. The van der Waals surface area contributed by atoms with Gasteiger partial charge in [-0.3, -0.25) is 19.3 Å². The first-order valence-electron chi connectivity index (χ1n) is 11.1. The molecule has 10 heteroatoms. The Kier molecular flexibility index (Phi) is 6.94. The van der Waals surface area contributed by atoms with Crippen LogP contribution < -0.4 is 5.32 Å². The normalized spacial score (nSPS) is 14.7. The number of amides is 3. The van der Waals surface area contributed by atoms with E-state index in [1.807, 2.05) is 22.8 Å². The molecular weight excluding hydrogens is 564 g/mol. The van der Waals surface area contributed by atoms with Gasteiger partial charge in [0, 0.05) is 38.4 Å². The number of nitrogens with one attached hydrogen (secondary N) is 1. The van der Waals surface area contributed by atoms with Crippen LogP contribution in [0.1, 0.15) is 11.1 Å². The van der Waals surface area contributed by atoms with Crippen LogP contribution in [0.3, 0.4) is 0 Å². The lowest BCUT2D eigenvalue weighted by Crippen LogP contribution is -2.36. The SMILES string of the molecule is O=C(CN1C(=O)S/C(=C\c2cn(Cc3ccccc3F)c3ccc(Br)cc23)C1=O)Nc1ccc(F)cc1. The molecule has 0 saturated carbocycles. The average Bonchev–Trinajstić information content (AvgIpc) is 3.33. The molecule has 6 nitrogen and oxygen atoms in total. The van der Waals surface area contributed by atoms with Crippen LogP contribution in [0.2, 0.25) is 0 Å². The summed E-state index contributed by atoms with van der Waals surface area (Å²) in [4.78, 5) is 39.0. The van der Waals surface area contributed by atoms with Gasteiger partial charge in [0.1, 0.15) is 18.2 Å². The molecule has 1 aliphatic rings. The maximum Gasteiger partial charge on any atom is 0.294 e. The molecule has 0 unspecified atom stereocenters. The molecule has 3 aromatic carbocycles. The van der Waals surface area contributed by atoms with Gasteiger partial charge >= 0.3 is 0 Å². The molecule has 1 saturated heterocycles. The van der Waals surface area contributed by atoms with Crippen molar-refractivity contribution in [2.45, 2.75) is 6.54 Å². The van der Waals surface area contributed by atoms with Crippen molar-refractivity contribution in [1.82, 2.24) is 9.47 Å². The second-order valence-corrected chi connectivity index (χ2v) is 10.2. The summed E-state index contributed by atoms with van der Waals surface area (Å²) >= 11 is 4.21. The lowest BCUT2D eigenvalue weighted by atomic mass is 10.1. The Morgan fingerprint density at radius 3 is 2.54 bits per heavy atom. The first kappa shape index (κ1) is 24.9. The molecule has 2 heterocycles. The number of thioether (sulfide) groups is 1. The fourth-order valence-corrected chi connectivity index (χ4v) is 5.20. The van der Waals surface area contributed by atoms with Gasteiger partial charge in [0.2, 0.25) is 5.91 Å². The molecule has 0 radical (unpaired) electrons. The van der Waals surface area contributed by atoms with Crippen molar-refractivity contribution in [2.75, 3.05) is 11.9 Å². The van der Waals surface area contributed by atoms with E-state index >= 15 is 0 Å². The fourth-order valence-electron chi connectivity index (χ4n) is 4.01. The Balaban J connectivity index is 1.40. The summed E-state index contributed by atoms with van der Waals surface area (Å²) in [6.07, 6.45) is 3.41. The van der Waals surface area contributed by atoms with E-state index in [0.29, 0.717) is 16.8 Å². The predicted octanol–water partition coefficient (Wildman–Crippen LogP) is 6.41. The Labute approximate surface area is 223 Å². The molecule has 5 rings (SSSR count). The number of hydrogen-bond acceptors (Lipinski definition) is 4. The monoisotopic (exact) mass is 581 g/mol. The van der Waals surface area contributed by atoms with Crippen molar-refractivity contribution in [2.24, 2.45) is 0 Å². The number of imide groups is 1. The fraction of sp³-hybridized carbons (Fsp3) is 0.0741. The highest BCUT2D eigenvalue weighted by Crippen LogP contribution is 2.35. The highest BCUT2D eigenvalue weighted by atomic mass is 79.9. The topological polar surface area (TPSA) is 71.4 Å². The maximum absolute atomic E-state index is 14.3. The van der Waals surface area contributed by atoms with Crippen LogP contribution in [0, 0.1) is 11.6 Å². The summed E-state index contributed by atoms with van der Waals surface area (Å²) in [7, 11) is 0. The maximum atomic E-state index is 14.3. The molecule has 186 valence electrons. The van der Waals surface area contributed by atoms with Gasteiger partial charge in [-0.25, -0.2) is 8.78 Å². The number of carbonyl (C=O) groups is 3. The number of anilines is 1. The molecule has 0 spiro atoms. The van der Waals surface area contributed by atoms with Crippen molar-refractivity contribution in [3.05, 3.63) is 105 Å². The third kappa shape index (κ3) is 5.35. The van der Waals surface area contributed by atoms with Crippen LogP contribution >= 0.6 is 27.7 Å². The van der Waals surface area contributed by atoms with E-state index in [4.69, 9.17) is 0 Å². The number of rotatable bonds is 6. The van der Waals surface area contributed by atoms with Crippen molar-refractivity contribution in [1.29, 1.82) is 0 Å². The highest BCUT2D eigenvalue weighted by molar-refractivity contribution is 9.10. The molecule has 4 aromatic rings. The molecule has 0 atom stereocenters. The minimum Gasteiger partial charge on any atom is -0.342 e. The second-order valence-electron chi connectivity index (χ2n) is 8.29. The van der Waals surface area contributed by atoms with Crippen LogP contribution in [-0.2, 0) is 16.1 Å². The minimum atomic E-state index is -0.589. The Hall–Kier alpha value is -3.76. The zero-order chi connectivity index (χ0) is 26.1. The van der Waals surface area contributed by atoms with E-state index < -0.39 is 29.4 Å². The van der Waals surface area contributed by atoms with Gasteiger partial charge in [-0.2, -0.15) is 0 Å². The number of halogens is 3. The Bertz CT molecular complexity index is 1580. The van der Waals surface area contributed by atoms with Crippen LogP contribution in [0.5, 0.6) is 0 Å². The third-order valence-electron chi connectivity index (χ3n) is 5.76. The zero-order valence-electron chi connectivity index (χ0n) is 19.1. The number of fused-ring (bicyclic) bond motifs is 1. The van der Waals surface area contributed by atoms with E-state index in [1.165, 1.54) is 30.3 Å². The smallest absolute Gasteiger partial charge is 0.294 e. The van der Waals surface area contributed by atoms with E-state index in [0.717, 1.165) is 32.0 Å². The lowest BCUT2D eigenvalue weighted by molar-refractivity contribution is -0.127. The molecule has 0 bridgehead atoms. The van der Waals surface area contributed by atoms with Gasteiger partial charge in [0.15, 0.2) is 0 Å². The van der Waals surface area contributed by atoms with E-state index in [1.54, 1.807) is 30.5 Å². The average molecular weight is 582 g/mol. The van der Waals surface area contributed by atoms with Gasteiger partial charge in [0.25, 0.3) is 11.1 Å². The lowest BCUT2D eigenvalue weighted by Gasteiger charge is -2.12. The van der Waals surface area contributed by atoms with Crippen molar-refractivity contribution >= 4 is 67.4 Å². The van der Waals surface area contributed by atoms with Gasteiger partial charge in [-0.05, 0) is 66.4 Å². The van der Waals surface area contributed by atoms with Gasteiger partial charge in [-0.1, -0.05) is 34.1 Å². The van der Waals surface area contributed by atoms with Gasteiger partial charge in [-0.15, -0.1) is 0 Å². The van der Waals surface area contributed by atoms with Crippen LogP contribution in [0.15, 0.2) is 82.3 Å². The molecule has 0 aliphatic carbocycles. The summed E-state index contributed by atoms with van der Waals surface area (Å²) in [6.45, 7) is -0.191. The second kappa shape index (κ2) is 10.3. The highest BCUT2D eigenvalue weighted by Gasteiger charge is 2.36. The summed E-state index contributed by atoms with van der Waals surface area (Å²) < 4.78 is 30.1. The largest absolute Gasteiger partial charge is 0.342 e. The predicted molar refractivity (Wildman–Crippen MR) is 143 cm³/mol. The quantitative estimate of drug-likeness (QED) is 0.267. The summed E-state index contributed by atoms with van der Waals surface area (Å²) in [5, 5.41) is 2.79. The summed E-state index contributed by atoms with van der Waals surface area (Å²) in [5.74, 6) is -1.94. The Morgan fingerprint density at radius 1 is 1.03 bits per heavy atom. The summed E-state index contributed by atoms with van der Waals surface area (Å²) in [5.41, 5.74) is 2.37. The number of aromatic nitrogens is 1. The van der Waals surface area contributed by atoms with E-state index in [9.17, 15) is 23.2 Å². The molecular formula is C27H18BrF2N3O3S. The number of nitrogens with zero attached hydrogens (tertiary/aromatic N) is 2. The molecule has 1 N–H and O–H groups in total. The van der Waals surface area contributed by atoms with E-state index in [2.05, 4.69) is 21.2 Å². The van der Waals surface area contributed by atoms with Crippen molar-refractivity contribution < 1.29 is 23.2 Å². The Morgan fingerprint density at radius 2 is 1.78 bits per heavy atom. The summed E-state index contributed by atoms with van der Waals surface area (Å²) in [6, 6.07) is 17.3. The molecule has 37 heavy (non-hydrogen) atoms. The van der Waals surface area contributed by atoms with Gasteiger partial charge < -0.3 is 9.88 Å². The number of hydrogen-bond donors (Lipinski definition) is 1. The zero-order valence-corrected chi connectivity index (χ0v) is 21.5. The molecule has 3 amide bonds. The van der Waals surface area contributed by atoms with Gasteiger partial charge in [0.05, 0.1) is 11.4 Å². The van der Waals surface area contributed by atoms with Crippen LogP contribution in [-0.4, -0.2) is 33.1 Å². The van der Waals surface area contributed by atoms with Crippen LogP contribution in [0.4, 0.5) is 19.3 Å².